The molecule has 0 bridgehead atoms. The third kappa shape index (κ3) is 16.8. The SMILES string of the molecule is CC/C=C/CCOC(=O)/C=C/C(=O)OCCCCCCCCCC. The van der Waals surface area contributed by atoms with E-state index in [-0.39, 0.29) is 0 Å². The van der Waals surface area contributed by atoms with E-state index >= 15 is 0 Å². The van der Waals surface area contributed by atoms with Crippen molar-refractivity contribution >= 4 is 11.9 Å². The first kappa shape index (κ1) is 22.4. The Morgan fingerprint density at radius 1 is 0.708 bits per heavy atom. The topological polar surface area (TPSA) is 52.6 Å². The highest BCUT2D eigenvalue weighted by Crippen LogP contribution is 2.08. The molecule has 0 atom stereocenters. The van der Waals surface area contributed by atoms with Gasteiger partial charge in [-0.2, -0.15) is 0 Å². The van der Waals surface area contributed by atoms with Crippen LogP contribution >= 0.6 is 0 Å². The lowest BCUT2D eigenvalue weighted by atomic mass is 10.1. The Morgan fingerprint density at radius 3 is 1.83 bits per heavy atom. The van der Waals surface area contributed by atoms with Crippen LogP contribution in [0.1, 0.15) is 78.1 Å². The van der Waals surface area contributed by atoms with E-state index in [1.807, 2.05) is 19.1 Å². The molecule has 4 nitrogen and oxygen atoms in total. The number of carbonyl (C=O) groups is 2. The third-order valence-corrected chi connectivity index (χ3v) is 3.53. The van der Waals surface area contributed by atoms with Crippen molar-refractivity contribution in [3.05, 3.63) is 24.3 Å². The molecule has 0 aliphatic heterocycles. The Hall–Kier alpha value is -1.58. The number of allylic oxidation sites excluding steroid dienone is 1. The summed E-state index contributed by atoms with van der Waals surface area (Å²) in [6, 6.07) is 0. The summed E-state index contributed by atoms with van der Waals surface area (Å²) in [6.07, 6.45) is 17.5. The molecule has 0 amide bonds. The molecule has 0 aromatic carbocycles. The minimum absolute atomic E-state index is 0.326. The number of carbonyl (C=O) groups excluding carboxylic acids is 2. The molecule has 0 fully saturated rings. The summed E-state index contributed by atoms with van der Waals surface area (Å²) in [5.41, 5.74) is 0. The van der Waals surface area contributed by atoms with Crippen molar-refractivity contribution in [1.82, 2.24) is 0 Å². The first-order valence-electron chi connectivity index (χ1n) is 9.37. The lowest BCUT2D eigenvalue weighted by molar-refractivity contribution is -0.140. The van der Waals surface area contributed by atoms with Crippen molar-refractivity contribution in [3.63, 3.8) is 0 Å². The molecule has 24 heavy (non-hydrogen) atoms. The highest BCUT2D eigenvalue weighted by molar-refractivity contribution is 5.91. The van der Waals surface area contributed by atoms with Crippen molar-refractivity contribution < 1.29 is 19.1 Å². The third-order valence-electron chi connectivity index (χ3n) is 3.53. The minimum Gasteiger partial charge on any atom is -0.463 e. The predicted octanol–water partition coefficient (Wildman–Crippen LogP) is 5.13. The van der Waals surface area contributed by atoms with Crippen molar-refractivity contribution in [1.29, 1.82) is 0 Å². The number of esters is 2. The van der Waals surface area contributed by atoms with Gasteiger partial charge in [0.25, 0.3) is 0 Å². The fourth-order valence-corrected chi connectivity index (χ4v) is 2.15. The number of hydrogen-bond acceptors (Lipinski definition) is 4. The normalized spacial score (nSPS) is 11.2. The van der Waals surface area contributed by atoms with Crippen LogP contribution in [-0.2, 0) is 19.1 Å². The van der Waals surface area contributed by atoms with E-state index in [0.717, 1.165) is 31.4 Å². The first-order chi connectivity index (χ1) is 11.7. The van der Waals surface area contributed by atoms with Gasteiger partial charge in [-0.3, -0.25) is 0 Å². The summed E-state index contributed by atoms with van der Waals surface area (Å²) >= 11 is 0. The lowest BCUT2D eigenvalue weighted by Gasteiger charge is -2.03. The van der Waals surface area contributed by atoms with Crippen LogP contribution in [-0.4, -0.2) is 25.2 Å². The van der Waals surface area contributed by atoms with Gasteiger partial charge in [0.05, 0.1) is 13.2 Å². The highest BCUT2D eigenvalue weighted by atomic mass is 16.5. The van der Waals surface area contributed by atoms with Crippen molar-refractivity contribution in [2.45, 2.75) is 78.1 Å². The fraction of sp³-hybridized carbons (Fsp3) is 0.700. The summed E-state index contributed by atoms with van der Waals surface area (Å²) in [5.74, 6) is -0.996. The molecule has 0 aliphatic carbocycles. The largest absolute Gasteiger partial charge is 0.463 e. The summed E-state index contributed by atoms with van der Waals surface area (Å²) in [4.78, 5) is 22.8. The zero-order valence-electron chi connectivity index (χ0n) is 15.4. The molecule has 0 aromatic rings. The second-order valence-corrected chi connectivity index (χ2v) is 5.81. The molecule has 138 valence electrons. The molecule has 0 saturated carbocycles. The van der Waals surface area contributed by atoms with Gasteiger partial charge >= 0.3 is 11.9 Å². The molecule has 0 heterocycles. The predicted molar refractivity (Wildman–Crippen MR) is 97.7 cm³/mol. The fourth-order valence-electron chi connectivity index (χ4n) is 2.15. The van der Waals surface area contributed by atoms with E-state index in [9.17, 15) is 9.59 Å². The second-order valence-electron chi connectivity index (χ2n) is 5.81. The van der Waals surface area contributed by atoms with Crippen LogP contribution in [0.4, 0.5) is 0 Å². The van der Waals surface area contributed by atoms with Crippen molar-refractivity contribution in [2.24, 2.45) is 0 Å². The summed E-state index contributed by atoms with van der Waals surface area (Å²) in [7, 11) is 0. The van der Waals surface area contributed by atoms with Gasteiger partial charge in [-0.05, 0) is 19.3 Å². The zero-order chi connectivity index (χ0) is 17.9. The smallest absolute Gasteiger partial charge is 0.331 e. The number of rotatable bonds is 15. The monoisotopic (exact) mass is 338 g/mol. The molecule has 0 spiro atoms. The second kappa shape index (κ2) is 17.8. The maximum absolute atomic E-state index is 11.4. The van der Waals surface area contributed by atoms with Crippen LogP contribution in [0.15, 0.2) is 24.3 Å². The van der Waals surface area contributed by atoms with Crippen LogP contribution in [0.25, 0.3) is 0 Å². The molecule has 0 aromatic heterocycles. The van der Waals surface area contributed by atoms with E-state index < -0.39 is 11.9 Å². The van der Waals surface area contributed by atoms with E-state index in [4.69, 9.17) is 9.47 Å². The maximum atomic E-state index is 11.4. The zero-order valence-corrected chi connectivity index (χ0v) is 15.4. The van der Waals surface area contributed by atoms with Crippen molar-refractivity contribution in [2.75, 3.05) is 13.2 Å². The molecular formula is C20H34O4. The molecule has 0 N–H and O–H groups in total. The van der Waals surface area contributed by atoms with Crippen LogP contribution in [0, 0.1) is 0 Å². The van der Waals surface area contributed by atoms with E-state index in [0.29, 0.717) is 19.6 Å². The molecule has 0 radical (unpaired) electrons. The number of hydrogen-bond donors (Lipinski definition) is 0. The Morgan fingerprint density at radius 2 is 1.25 bits per heavy atom. The van der Waals surface area contributed by atoms with Crippen LogP contribution in [0.5, 0.6) is 0 Å². The maximum Gasteiger partial charge on any atom is 0.331 e. The minimum atomic E-state index is -0.510. The van der Waals surface area contributed by atoms with Crippen LogP contribution in [0.2, 0.25) is 0 Å². The standard InChI is InChI=1S/C20H34O4/c1-3-5-7-9-10-11-12-14-18-24-20(22)16-15-19(21)23-17-13-8-6-4-2/h6,8,15-16H,3-5,7,9-14,17-18H2,1-2H3/b8-6+,16-15+. The lowest BCUT2D eigenvalue weighted by Crippen LogP contribution is -2.06. The van der Waals surface area contributed by atoms with Gasteiger partial charge in [-0.1, -0.05) is 70.9 Å². The van der Waals surface area contributed by atoms with Gasteiger partial charge < -0.3 is 9.47 Å². The van der Waals surface area contributed by atoms with Gasteiger partial charge in [0.1, 0.15) is 0 Å². The average molecular weight is 338 g/mol. The molecule has 0 aliphatic rings. The quantitative estimate of drug-likeness (QED) is 0.180. The van der Waals surface area contributed by atoms with Gasteiger partial charge in [0.15, 0.2) is 0 Å². The molecule has 0 rings (SSSR count). The van der Waals surface area contributed by atoms with Crippen LogP contribution < -0.4 is 0 Å². The van der Waals surface area contributed by atoms with Crippen molar-refractivity contribution in [3.8, 4) is 0 Å². The molecular weight excluding hydrogens is 304 g/mol. The van der Waals surface area contributed by atoms with Gasteiger partial charge in [-0.15, -0.1) is 0 Å². The Bertz CT molecular complexity index is 372. The van der Waals surface area contributed by atoms with E-state index in [1.54, 1.807) is 0 Å². The van der Waals surface area contributed by atoms with E-state index in [1.165, 1.54) is 38.5 Å². The van der Waals surface area contributed by atoms with Gasteiger partial charge in [0.2, 0.25) is 0 Å². The summed E-state index contributed by atoms with van der Waals surface area (Å²) < 4.78 is 10.0. The highest BCUT2D eigenvalue weighted by Gasteiger charge is 2.00. The van der Waals surface area contributed by atoms with E-state index in [2.05, 4.69) is 6.92 Å². The summed E-state index contributed by atoms with van der Waals surface area (Å²) in [6.45, 7) is 5.00. The Kier molecular flexibility index (Phi) is 16.6. The average Bonchev–Trinajstić information content (AvgIpc) is 2.58. The molecule has 4 heteroatoms. The Balaban J connectivity index is 3.50. The summed E-state index contributed by atoms with van der Waals surface area (Å²) in [5, 5.41) is 0. The van der Waals surface area contributed by atoms with Gasteiger partial charge in [-0.25, -0.2) is 9.59 Å². The van der Waals surface area contributed by atoms with Gasteiger partial charge in [0, 0.05) is 12.2 Å². The number of ether oxygens (including phenoxy) is 2. The first-order valence-corrected chi connectivity index (χ1v) is 9.37. The molecule has 0 saturated heterocycles. The number of unbranched alkanes of at least 4 members (excludes halogenated alkanes) is 7. The molecule has 0 unspecified atom stereocenters. The Labute approximate surface area is 147 Å². The van der Waals surface area contributed by atoms with Crippen LogP contribution in [0.3, 0.4) is 0 Å².